The number of hydrogen-bond acceptors (Lipinski definition) is 3. The second-order valence-corrected chi connectivity index (χ2v) is 7.27. The number of nitrogens with zero attached hydrogens (tertiary/aromatic N) is 3. The van der Waals surface area contributed by atoms with Crippen LogP contribution in [-0.4, -0.2) is 39.6 Å². The summed E-state index contributed by atoms with van der Waals surface area (Å²) in [4.78, 5) is 7.03. The van der Waals surface area contributed by atoms with Gasteiger partial charge in [-0.1, -0.05) is 0 Å². The lowest BCUT2D eigenvalue weighted by Gasteiger charge is -2.29. The third kappa shape index (κ3) is 3.49. The number of hydrogen-bond donors (Lipinski definition) is 1. The van der Waals surface area contributed by atoms with E-state index in [0.29, 0.717) is 18.1 Å². The maximum atomic E-state index is 4.43. The van der Waals surface area contributed by atoms with Crippen LogP contribution >= 0.6 is 0 Å². The molecule has 0 radical (unpaired) electrons. The maximum Gasteiger partial charge on any atom is 0.0948 e. The van der Waals surface area contributed by atoms with Crippen molar-refractivity contribution in [1.29, 1.82) is 0 Å². The number of aromatic nitrogens is 2. The van der Waals surface area contributed by atoms with Gasteiger partial charge in [0, 0.05) is 37.4 Å². The average Bonchev–Trinajstić information content (AvgIpc) is 3.08. The van der Waals surface area contributed by atoms with E-state index in [2.05, 4.69) is 46.7 Å². The van der Waals surface area contributed by atoms with E-state index in [1.54, 1.807) is 0 Å². The van der Waals surface area contributed by atoms with Gasteiger partial charge in [0.05, 0.1) is 12.0 Å². The van der Waals surface area contributed by atoms with E-state index in [1.807, 2.05) is 6.33 Å². The van der Waals surface area contributed by atoms with Crippen LogP contribution < -0.4 is 5.32 Å². The molecule has 3 unspecified atom stereocenters. The van der Waals surface area contributed by atoms with E-state index in [1.165, 1.54) is 44.5 Å². The lowest BCUT2D eigenvalue weighted by Crippen LogP contribution is -2.36. The monoisotopic (exact) mass is 290 g/mol. The topological polar surface area (TPSA) is 33.1 Å². The molecule has 2 aliphatic rings. The van der Waals surface area contributed by atoms with Crippen molar-refractivity contribution in [3.8, 4) is 0 Å². The molecular formula is C17H30N4. The minimum absolute atomic E-state index is 0.499. The number of likely N-dealkylation sites (tertiary alicyclic amines) is 1. The van der Waals surface area contributed by atoms with E-state index in [-0.39, 0.29) is 0 Å². The van der Waals surface area contributed by atoms with Gasteiger partial charge in [-0.2, -0.15) is 0 Å². The van der Waals surface area contributed by atoms with Gasteiger partial charge in [0.15, 0.2) is 0 Å². The Labute approximate surface area is 128 Å². The van der Waals surface area contributed by atoms with Gasteiger partial charge in [-0.15, -0.1) is 0 Å². The lowest BCUT2D eigenvalue weighted by molar-refractivity contribution is 0.259. The molecule has 1 N–H and O–H groups in total. The van der Waals surface area contributed by atoms with Gasteiger partial charge in [-0.05, 0) is 58.9 Å². The van der Waals surface area contributed by atoms with Crippen molar-refractivity contribution in [2.75, 3.05) is 13.1 Å². The van der Waals surface area contributed by atoms with Gasteiger partial charge in [-0.3, -0.25) is 0 Å². The summed E-state index contributed by atoms with van der Waals surface area (Å²) in [6, 6.07) is 1.81. The van der Waals surface area contributed by atoms with E-state index in [0.717, 1.165) is 12.5 Å². The average molecular weight is 290 g/mol. The van der Waals surface area contributed by atoms with Crippen molar-refractivity contribution < 1.29 is 0 Å². The van der Waals surface area contributed by atoms with Crippen LogP contribution in [-0.2, 0) is 6.54 Å². The molecule has 2 fully saturated rings. The van der Waals surface area contributed by atoms with Crippen LogP contribution in [0.5, 0.6) is 0 Å². The number of imidazole rings is 1. The van der Waals surface area contributed by atoms with Gasteiger partial charge in [0.25, 0.3) is 0 Å². The molecule has 0 aromatic carbocycles. The fourth-order valence-corrected chi connectivity index (χ4v) is 3.90. The second-order valence-electron chi connectivity index (χ2n) is 7.27. The first-order valence-electron chi connectivity index (χ1n) is 8.63. The van der Waals surface area contributed by atoms with E-state index in [4.69, 9.17) is 0 Å². The third-order valence-corrected chi connectivity index (χ3v) is 5.22. The largest absolute Gasteiger partial charge is 0.333 e. The molecule has 2 saturated heterocycles. The minimum Gasteiger partial charge on any atom is -0.333 e. The zero-order chi connectivity index (χ0) is 14.8. The van der Waals surface area contributed by atoms with Gasteiger partial charge >= 0.3 is 0 Å². The van der Waals surface area contributed by atoms with E-state index in [9.17, 15) is 0 Å². The fraction of sp³-hybridized carbons (Fsp3) is 0.824. The summed E-state index contributed by atoms with van der Waals surface area (Å²) in [5.74, 6) is 0.779. The summed E-state index contributed by atoms with van der Waals surface area (Å²) in [7, 11) is 0. The van der Waals surface area contributed by atoms with Crippen LogP contribution in [0.1, 0.15) is 58.2 Å². The smallest absolute Gasteiger partial charge is 0.0948 e. The third-order valence-electron chi connectivity index (χ3n) is 5.22. The fourth-order valence-electron chi connectivity index (χ4n) is 3.90. The molecule has 0 spiro atoms. The molecule has 21 heavy (non-hydrogen) atoms. The van der Waals surface area contributed by atoms with Crippen molar-refractivity contribution in [1.82, 2.24) is 19.8 Å². The van der Waals surface area contributed by atoms with Crippen molar-refractivity contribution in [2.24, 2.45) is 5.92 Å². The molecule has 3 heterocycles. The van der Waals surface area contributed by atoms with Crippen LogP contribution in [0.15, 0.2) is 12.5 Å². The summed E-state index contributed by atoms with van der Waals surface area (Å²) < 4.78 is 2.41. The Balaban J connectivity index is 1.63. The Bertz CT molecular complexity index is 453. The Kier molecular flexibility index (Phi) is 4.65. The normalized spacial score (nSPS) is 31.1. The van der Waals surface area contributed by atoms with Gasteiger partial charge in [0.2, 0.25) is 0 Å². The van der Waals surface area contributed by atoms with Crippen LogP contribution in [0.4, 0.5) is 0 Å². The molecule has 0 amide bonds. The number of piperidine rings is 1. The molecule has 1 aromatic heterocycles. The SMILES string of the molecule is CC1CCCC(c2cncn2CC2CCN(C(C)C)C2)N1. The zero-order valence-corrected chi connectivity index (χ0v) is 13.8. The van der Waals surface area contributed by atoms with Crippen molar-refractivity contribution in [2.45, 2.75) is 71.1 Å². The molecule has 4 heteroatoms. The standard InChI is InChI=1S/C17H30N4/c1-13(2)20-8-7-15(10-20)11-21-12-18-9-17(21)16-6-4-5-14(3)19-16/h9,12-16,19H,4-8,10-11H2,1-3H3. The first-order chi connectivity index (χ1) is 10.1. The highest BCUT2D eigenvalue weighted by Crippen LogP contribution is 2.27. The molecular weight excluding hydrogens is 260 g/mol. The molecule has 3 atom stereocenters. The Morgan fingerprint density at radius 1 is 1.33 bits per heavy atom. The van der Waals surface area contributed by atoms with E-state index >= 15 is 0 Å². The van der Waals surface area contributed by atoms with Crippen LogP contribution in [0.25, 0.3) is 0 Å². The summed E-state index contributed by atoms with van der Waals surface area (Å²) in [6.07, 6.45) is 9.31. The molecule has 4 nitrogen and oxygen atoms in total. The highest BCUT2D eigenvalue weighted by atomic mass is 15.2. The highest BCUT2D eigenvalue weighted by molar-refractivity contribution is 5.07. The Morgan fingerprint density at radius 3 is 2.90 bits per heavy atom. The van der Waals surface area contributed by atoms with Gasteiger partial charge in [0.1, 0.15) is 0 Å². The zero-order valence-electron chi connectivity index (χ0n) is 13.8. The minimum atomic E-state index is 0.499. The quantitative estimate of drug-likeness (QED) is 0.925. The van der Waals surface area contributed by atoms with Crippen molar-refractivity contribution in [3.05, 3.63) is 18.2 Å². The maximum absolute atomic E-state index is 4.43. The summed E-state index contributed by atoms with van der Waals surface area (Å²) in [6.45, 7) is 10.5. The summed E-state index contributed by atoms with van der Waals surface area (Å²) in [5.41, 5.74) is 1.39. The molecule has 1 aromatic rings. The first kappa shape index (κ1) is 15.0. The number of nitrogens with one attached hydrogen (secondary N) is 1. The molecule has 2 aliphatic heterocycles. The molecule has 0 saturated carbocycles. The molecule has 0 bridgehead atoms. The van der Waals surface area contributed by atoms with Crippen LogP contribution in [0.3, 0.4) is 0 Å². The van der Waals surface area contributed by atoms with Crippen LogP contribution in [0.2, 0.25) is 0 Å². The first-order valence-corrected chi connectivity index (χ1v) is 8.63. The van der Waals surface area contributed by atoms with Crippen molar-refractivity contribution >= 4 is 0 Å². The molecule has 118 valence electrons. The van der Waals surface area contributed by atoms with Gasteiger partial charge in [-0.25, -0.2) is 4.98 Å². The second kappa shape index (κ2) is 6.49. The molecule has 0 aliphatic carbocycles. The van der Waals surface area contributed by atoms with Crippen molar-refractivity contribution in [3.63, 3.8) is 0 Å². The predicted molar refractivity (Wildman–Crippen MR) is 86.2 cm³/mol. The molecule has 3 rings (SSSR count). The lowest BCUT2D eigenvalue weighted by atomic mass is 9.97. The summed E-state index contributed by atoms with van der Waals surface area (Å²) in [5, 5.41) is 3.74. The van der Waals surface area contributed by atoms with Gasteiger partial charge < -0.3 is 14.8 Å². The highest BCUT2D eigenvalue weighted by Gasteiger charge is 2.27. The predicted octanol–water partition coefficient (Wildman–Crippen LogP) is 2.82. The Morgan fingerprint density at radius 2 is 2.19 bits per heavy atom. The number of rotatable bonds is 4. The van der Waals surface area contributed by atoms with E-state index < -0.39 is 0 Å². The van der Waals surface area contributed by atoms with Crippen LogP contribution in [0, 0.1) is 5.92 Å². The Hall–Kier alpha value is -0.870. The summed E-state index contributed by atoms with van der Waals surface area (Å²) >= 11 is 0.